The van der Waals surface area contributed by atoms with Gasteiger partial charge in [-0.3, -0.25) is 4.79 Å². The summed E-state index contributed by atoms with van der Waals surface area (Å²) in [7, 11) is 3.06. The van der Waals surface area contributed by atoms with Crippen molar-refractivity contribution in [2.45, 2.75) is 38.6 Å². The molecular weight excluding hydrogens is 286 g/mol. The van der Waals surface area contributed by atoms with E-state index in [9.17, 15) is 9.59 Å². The molecule has 0 bridgehead atoms. The fraction of sp³-hybridized carbons (Fsp3) is 0.500. The van der Waals surface area contributed by atoms with E-state index in [2.05, 4.69) is 5.32 Å². The van der Waals surface area contributed by atoms with E-state index < -0.39 is 17.4 Å². The number of rotatable bonds is 7. The number of aliphatic carboxylic acids is 1. The Morgan fingerprint density at radius 3 is 2.27 bits per heavy atom. The molecule has 0 saturated carbocycles. The number of carboxylic acid groups (broad SMARTS) is 1. The maximum Gasteiger partial charge on any atom is 0.326 e. The van der Waals surface area contributed by atoms with Crippen molar-refractivity contribution in [2.24, 2.45) is 0 Å². The number of amides is 1. The summed E-state index contributed by atoms with van der Waals surface area (Å²) in [5.74, 6) is -0.307. The predicted molar refractivity (Wildman–Crippen MR) is 82.4 cm³/mol. The molecular formula is C16H23NO5. The summed E-state index contributed by atoms with van der Waals surface area (Å²) < 4.78 is 10.4. The normalized spacial score (nSPS) is 12.4. The lowest BCUT2D eigenvalue weighted by Gasteiger charge is -2.26. The Morgan fingerprint density at radius 1 is 1.23 bits per heavy atom. The summed E-state index contributed by atoms with van der Waals surface area (Å²) >= 11 is 0. The van der Waals surface area contributed by atoms with Gasteiger partial charge in [0.1, 0.15) is 6.04 Å². The van der Waals surface area contributed by atoms with Crippen LogP contribution in [0.2, 0.25) is 0 Å². The van der Waals surface area contributed by atoms with Crippen molar-refractivity contribution >= 4 is 11.9 Å². The van der Waals surface area contributed by atoms with E-state index in [0.717, 1.165) is 0 Å². The van der Waals surface area contributed by atoms with Crippen LogP contribution in [0.1, 0.15) is 32.8 Å². The zero-order valence-electron chi connectivity index (χ0n) is 13.6. The molecule has 6 nitrogen and oxygen atoms in total. The fourth-order valence-electron chi connectivity index (χ4n) is 2.03. The third kappa shape index (κ3) is 3.69. The molecule has 6 heteroatoms. The minimum atomic E-state index is -1.04. The van der Waals surface area contributed by atoms with Crippen molar-refractivity contribution < 1.29 is 24.2 Å². The van der Waals surface area contributed by atoms with Crippen LogP contribution in [0.25, 0.3) is 0 Å². The van der Waals surface area contributed by atoms with E-state index in [0.29, 0.717) is 23.5 Å². The highest BCUT2D eigenvalue weighted by molar-refractivity contribution is 5.91. The number of carbonyl (C=O) groups is 2. The van der Waals surface area contributed by atoms with Crippen LogP contribution < -0.4 is 14.8 Å². The minimum Gasteiger partial charge on any atom is -0.493 e. The zero-order chi connectivity index (χ0) is 16.9. The van der Waals surface area contributed by atoms with Crippen LogP contribution in [0, 0.1) is 0 Å². The standard InChI is InChI=1S/C16H23NO5/c1-6-11(14(18)19)17-15(20)16(2,3)10-7-8-12(21-4)13(9-10)22-5/h7-9,11H,6H2,1-5H3,(H,17,20)(H,18,19). The number of benzene rings is 1. The first kappa shape index (κ1) is 17.8. The molecule has 0 aliphatic rings. The summed E-state index contributed by atoms with van der Waals surface area (Å²) in [5.41, 5.74) is -0.189. The first-order valence-electron chi connectivity index (χ1n) is 7.04. The van der Waals surface area contributed by atoms with Gasteiger partial charge in [-0.1, -0.05) is 13.0 Å². The Hall–Kier alpha value is -2.24. The second-order valence-corrected chi connectivity index (χ2v) is 5.47. The van der Waals surface area contributed by atoms with Gasteiger partial charge >= 0.3 is 5.97 Å². The summed E-state index contributed by atoms with van der Waals surface area (Å²) in [6, 6.07) is 4.31. The smallest absolute Gasteiger partial charge is 0.326 e. The molecule has 1 aromatic carbocycles. The van der Waals surface area contributed by atoms with E-state index in [1.54, 1.807) is 39.0 Å². The second-order valence-electron chi connectivity index (χ2n) is 5.47. The van der Waals surface area contributed by atoms with Gasteiger partial charge in [-0.25, -0.2) is 4.79 Å². The average Bonchev–Trinajstić information content (AvgIpc) is 2.50. The molecule has 1 amide bonds. The predicted octanol–water partition coefficient (Wildman–Crippen LogP) is 1.96. The first-order valence-corrected chi connectivity index (χ1v) is 7.04. The van der Waals surface area contributed by atoms with E-state index in [4.69, 9.17) is 14.6 Å². The van der Waals surface area contributed by atoms with Crippen LogP contribution in [-0.4, -0.2) is 37.2 Å². The number of ether oxygens (including phenoxy) is 2. The SMILES string of the molecule is CCC(NC(=O)C(C)(C)c1ccc(OC)c(OC)c1)C(=O)O. The third-order valence-corrected chi connectivity index (χ3v) is 3.68. The van der Waals surface area contributed by atoms with Gasteiger partial charge in [0.2, 0.25) is 5.91 Å². The van der Waals surface area contributed by atoms with Gasteiger partial charge in [0.15, 0.2) is 11.5 Å². The summed E-state index contributed by atoms with van der Waals surface area (Å²) in [6.07, 6.45) is 0.323. The molecule has 0 aliphatic carbocycles. The maximum absolute atomic E-state index is 12.4. The van der Waals surface area contributed by atoms with Crippen LogP contribution in [0.15, 0.2) is 18.2 Å². The number of carboxylic acids is 1. The van der Waals surface area contributed by atoms with Gasteiger partial charge in [-0.15, -0.1) is 0 Å². The second kappa shape index (κ2) is 7.15. The number of nitrogens with one attached hydrogen (secondary N) is 1. The van der Waals surface area contributed by atoms with Crippen LogP contribution in [0.4, 0.5) is 0 Å². The molecule has 1 aromatic rings. The van der Waals surface area contributed by atoms with E-state index in [-0.39, 0.29) is 5.91 Å². The van der Waals surface area contributed by atoms with E-state index >= 15 is 0 Å². The van der Waals surface area contributed by atoms with Crippen molar-refractivity contribution in [3.8, 4) is 11.5 Å². The topological polar surface area (TPSA) is 84.9 Å². The average molecular weight is 309 g/mol. The van der Waals surface area contributed by atoms with Crippen molar-refractivity contribution in [1.29, 1.82) is 0 Å². The van der Waals surface area contributed by atoms with Crippen LogP contribution in [0.5, 0.6) is 11.5 Å². The molecule has 22 heavy (non-hydrogen) atoms. The molecule has 0 aliphatic heterocycles. The lowest BCUT2D eigenvalue weighted by molar-refractivity contribution is -0.142. The summed E-state index contributed by atoms with van der Waals surface area (Å²) in [4.78, 5) is 23.5. The van der Waals surface area contributed by atoms with E-state index in [1.165, 1.54) is 14.2 Å². The van der Waals surface area contributed by atoms with Crippen molar-refractivity contribution in [2.75, 3.05) is 14.2 Å². The lowest BCUT2D eigenvalue weighted by Crippen LogP contribution is -2.48. The molecule has 0 spiro atoms. The Balaban J connectivity index is 3.07. The van der Waals surface area contributed by atoms with E-state index in [1.807, 2.05) is 0 Å². The molecule has 0 saturated heterocycles. The first-order chi connectivity index (χ1) is 10.3. The molecule has 1 unspecified atom stereocenters. The zero-order valence-corrected chi connectivity index (χ0v) is 13.6. The third-order valence-electron chi connectivity index (χ3n) is 3.68. The Bertz CT molecular complexity index is 553. The molecule has 1 atom stereocenters. The quantitative estimate of drug-likeness (QED) is 0.804. The monoisotopic (exact) mass is 309 g/mol. The van der Waals surface area contributed by atoms with Gasteiger partial charge < -0.3 is 19.9 Å². The lowest BCUT2D eigenvalue weighted by atomic mass is 9.83. The van der Waals surface area contributed by atoms with Gasteiger partial charge in [0.05, 0.1) is 19.6 Å². The Labute approximate surface area is 130 Å². The summed E-state index contributed by atoms with van der Waals surface area (Å²) in [5, 5.41) is 11.6. The number of carbonyl (C=O) groups excluding carboxylic acids is 1. The number of hydrogen-bond acceptors (Lipinski definition) is 4. The van der Waals surface area contributed by atoms with Gasteiger partial charge in [-0.05, 0) is 38.0 Å². The minimum absolute atomic E-state index is 0.323. The highest BCUT2D eigenvalue weighted by atomic mass is 16.5. The number of hydrogen-bond donors (Lipinski definition) is 2. The largest absolute Gasteiger partial charge is 0.493 e. The Kier molecular flexibility index (Phi) is 5.79. The van der Waals surface area contributed by atoms with Crippen molar-refractivity contribution in [3.05, 3.63) is 23.8 Å². The highest BCUT2D eigenvalue weighted by Gasteiger charge is 2.33. The van der Waals surface area contributed by atoms with Gasteiger partial charge in [0.25, 0.3) is 0 Å². The Morgan fingerprint density at radius 2 is 1.82 bits per heavy atom. The number of methoxy groups -OCH3 is 2. The van der Waals surface area contributed by atoms with Crippen molar-refractivity contribution in [3.63, 3.8) is 0 Å². The molecule has 1 rings (SSSR count). The van der Waals surface area contributed by atoms with Crippen LogP contribution >= 0.6 is 0 Å². The molecule has 0 aromatic heterocycles. The van der Waals surface area contributed by atoms with Crippen molar-refractivity contribution in [1.82, 2.24) is 5.32 Å². The molecule has 2 N–H and O–H groups in total. The highest BCUT2D eigenvalue weighted by Crippen LogP contribution is 2.33. The fourth-order valence-corrected chi connectivity index (χ4v) is 2.03. The molecule has 0 fully saturated rings. The molecule has 0 radical (unpaired) electrons. The summed E-state index contributed by atoms with van der Waals surface area (Å²) in [6.45, 7) is 5.18. The van der Waals surface area contributed by atoms with Crippen LogP contribution in [-0.2, 0) is 15.0 Å². The molecule has 0 heterocycles. The van der Waals surface area contributed by atoms with Crippen LogP contribution in [0.3, 0.4) is 0 Å². The van der Waals surface area contributed by atoms with Gasteiger partial charge in [0, 0.05) is 0 Å². The maximum atomic E-state index is 12.4. The molecule has 122 valence electrons. The van der Waals surface area contributed by atoms with Gasteiger partial charge in [-0.2, -0.15) is 0 Å².